The fourth-order valence-corrected chi connectivity index (χ4v) is 1.85. The molecule has 0 unspecified atom stereocenters. The van der Waals surface area contributed by atoms with Crippen molar-refractivity contribution in [1.82, 2.24) is 0 Å². The molecule has 18 heavy (non-hydrogen) atoms. The topological polar surface area (TPSA) is 64.3 Å². The van der Waals surface area contributed by atoms with Gasteiger partial charge in [-0.05, 0) is 44.0 Å². The monoisotopic (exact) mass is 270 g/mol. The van der Waals surface area contributed by atoms with Crippen LogP contribution in [0.1, 0.15) is 24.0 Å². The minimum atomic E-state index is -0.0817. The van der Waals surface area contributed by atoms with E-state index in [0.29, 0.717) is 35.8 Å². The van der Waals surface area contributed by atoms with E-state index < -0.39 is 0 Å². The van der Waals surface area contributed by atoms with Gasteiger partial charge in [0.2, 0.25) is 5.91 Å². The Bertz CT molecular complexity index is 447. The number of rotatable bonds is 5. The summed E-state index contributed by atoms with van der Waals surface area (Å²) >= 11 is 6.17. The molecule has 1 aromatic rings. The number of anilines is 1. The standard InChI is InChI=1S/C13H19ClN2O2/c1-8-7-10(18-3)13(9(2)12(8)14)16-11(17)5-4-6-15/h7H,4-6,15H2,1-3H3,(H,16,17). The molecule has 0 saturated carbocycles. The van der Waals surface area contributed by atoms with E-state index in [1.807, 2.05) is 19.9 Å². The summed E-state index contributed by atoms with van der Waals surface area (Å²) in [5, 5.41) is 3.47. The normalized spacial score (nSPS) is 10.3. The summed E-state index contributed by atoms with van der Waals surface area (Å²) in [5.74, 6) is 0.539. The highest BCUT2D eigenvalue weighted by atomic mass is 35.5. The van der Waals surface area contributed by atoms with Crippen molar-refractivity contribution >= 4 is 23.2 Å². The van der Waals surface area contributed by atoms with Crippen molar-refractivity contribution < 1.29 is 9.53 Å². The van der Waals surface area contributed by atoms with Crippen molar-refractivity contribution in [2.24, 2.45) is 5.73 Å². The van der Waals surface area contributed by atoms with Crippen molar-refractivity contribution in [1.29, 1.82) is 0 Å². The summed E-state index contributed by atoms with van der Waals surface area (Å²) < 4.78 is 5.27. The quantitative estimate of drug-likeness (QED) is 0.864. The van der Waals surface area contributed by atoms with E-state index >= 15 is 0 Å². The average Bonchev–Trinajstić information content (AvgIpc) is 2.36. The molecule has 0 aliphatic carbocycles. The maximum absolute atomic E-state index is 11.7. The number of carbonyl (C=O) groups excluding carboxylic acids is 1. The van der Waals surface area contributed by atoms with Gasteiger partial charge in [0.15, 0.2) is 0 Å². The predicted molar refractivity (Wildman–Crippen MR) is 74.4 cm³/mol. The lowest BCUT2D eigenvalue weighted by atomic mass is 10.1. The third kappa shape index (κ3) is 3.37. The van der Waals surface area contributed by atoms with E-state index in [4.69, 9.17) is 22.1 Å². The van der Waals surface area contributed by atoms with Gasteiger partial charge in [-0.15, -0.1) is 0 Å². The van der Waals surface area contributed by atoms with Crippen LogP contribution in [0, 0.1) is 13.8 Å². The number of nitrogens with one attached hydrogen (secondary N) is 1. The predicted octanol–water partition coefficient (Wildman–Crippen LogP) is 2.64. The molecule has 1 rings (SSSR count). The zero-order chi connectivity index (χ0) is 13.7. The molecule has 3 N–H and O–H groups in total. The number of hydrogen-bond acceptors (Lipinski definition) is 3. The minimum Gasteiger partial charge on any atom is -0.495 e. The van der Waals surface area contributed by atoms with E-state index in [9.17, 15) is 4.79 Å². The number of carbonyl (C=O) groups is 1. The van der Waals surface area contributed by atoms with Crippen molar-refractivity contribution in [3.05, 3.63) is 22.2 Å². The summed E-state index contributed by atoms with van der Waals surface area (Å²) in [6.07, 6.45) is 1.05. The Morgan fingerprint density at radius 3 is 2.72 bits per heavy atom. The van der Waals surface area contributed by atoms with Gasteiger partial charge in [0.1, 0.15) is 5.75 Å². The summed E-state index contributed by atoms with van der Waals surface area (Å²) in [5.41, 5.74) is 7.75. The molecule has 100 valence electrons. The molecular weight excluding hydrogens is 252 g/mol. The van der Waals surface area contributed by atoms with Crippen LogP contribution in [0.3, 0.4) is 0 Å². The van der Waals surface area contributed by atoms with Gasteiger partial charge in [-0.1, -0.05) is 11.6 Å². The summed E-state index contributed by atoms with van der Waals surface area (Å²) in [7, 11) is 1.57. The Morgan fingerprint density at radius 1 is 1.50 bits per heavy atom. The van der Waals surface area contributed by atoms with Crippen molar-refractivity contribution in [3.8, 4) is 5.75 Å². The van der Waals surface area contributed by atoms with Crippen LogP contribution in [0.4, 0.5) is 5.69 Å². The van der Waals surface area contributed by atoms with Crippen LogP contribution >= 0.6 is 11.6 Å². The zero-order valence-corrected chi connectivity index (χ0v) is 11.7. The lowest BCUT2D eigenvalue weighted by Gasteiger charge is -2.15. The van der Waals surface area contributed by atoms with E-state index in [1.165, 1.54) is 0 Å². The van der Waals surface area contributed by atoms with Crippen molar-refractivity contribution in [2.75, 3.05) is 19.0 Å². The SMILES string of the molecule is COc1cc(C)c(Cl)c(C)c1NC(=O)CCCN. The number of aryl methyl sites for hydroxylation is 1. The average molecular weight is 271 g/mol. The maximum Gasteiger partial charge on any atom is 0.224 e. The Labute approximate surface area is 112 Å². The molecule has 1 aromatic carbocycles. The minimum absolute atomic E-state index is 0.0817. The van der Waals surface area contributed by atoms with Gasteiger partial charge in [-0.3, -0.25) is 4.79 Å². The second kappa shape index (κ2) is 6.61. The second-order valence-electron chi connectivity index (χ2n) is 4.15. The van der Waals surface area contributed by atoms with Crippen LogP contribution in [0.15, 0.2) is 6.07 Å². The van der Waals surface area contributed by atoms with Crippen LogP contribution in [0.25, 0.3) is 0 Å². The van der Waals surface area contributed by atoms with Gasteiger partial charge in [0.25, 0.3) is 0 Å². The first-order valence-electron chi connectivity index (χ1n) is 5.84. The molecule has 4 nitrogen and oxygen atoms in total. The van der Waals surface area contributed by atoms with Crippen LogP contribution in [0.5, 0.6) is 5.75 Å². The van der Waals surface area contributed by atoms with Crippen molar-refractivity contribution in [2.45, 2.75) is 26.7 Å². The molecule has 0 radical (unpaired) electrons. The van der Waals surface area contributed by atoms with Gasteiger partial charge in [-0.2, -0.15) is 0 Å². The lowest BCUT2D eigenvalue weighted by Crippen LogP contribution is -2.15. The van der Waals surface area contributed by atoms with Crippen LogP contribution in [-0.4, -0.2) is 19.6 Å². The summed E-state index contributed by atoms with van der Waals surface area (Å²) in [6.45, 7) is 4.26. The van der Waals surface area contributed by atoms with Crippen LogP contribution < -0.4 is 15.8 Å². The molecule has 0 fully saturated rings. The third-order valence-electron chi connectivity index (χ3n) is 2.74. The molecule has 5 heteroatoms. The first-order chi connectivity index (χ1) is 8.51. The number of ether oxygens (including phenoxy) is 1. The maximum atomic E-state index is 11.7. The van der Waals surface area contributed by atoms with Crippen LogP contribution in [0.2, 0.25) is 5.02 Å². The van der Waals surface area contributed by atoms with Gasteiger partial charge < -0.3 is 15.8 Å². The number of nitrogens with two attached hydrogens (primary N) is 1. The molecule has 0 aromatic heterocycles. The highest BCUT2D eigenvalue weighted by Gasteiger charge is 2.14. The number of benzene rings is 1. The summed E-state index contributed by atoms with van der Waals surface area (Å²) in [6, 6.07) is 1.81. The molecule has 0 atom stereocenters. The van der Waals surface area contributed by atoms with Gasteiger partial charge in [-0.25, -0.2) is 0 Å². The summed E-state index contributed by atoms with van der Waals surface area (Å²) in [4.78, 5) is 11.7. The second-order valence-corrected chi connectivity index (χ2v) is 4.53. The molecule has 1 amide bonds. The van der Waals surface area contributed by atoms with Gasteiger partial charge in [0, 0.05) is 11.4 Å². The van der Waals surface area contributed by atoms with Gasteiger partial charge >= 0.3 is 0 Å². The fourth-order valence-electron chi connectivity index (χ4n) is 1.70. The molecule has 0 aliphatic rings. The Kier molecular flexibility index (Phi) is 5.44. The first kappa shape index (κ1) is 14.8. The van der Waals surface area contributed by atoms with E-state index in [0.717, 1.165) is 11.1 Å². The van der Waals surface area contributed by atoms with Crippen LogP contribution in [-0.2, 0) is 4.79 Å². The lowest BCUT2D eigenvalue weighted by molar-refractivity contribution is -0.116. The molecule has 0 saturated heterocycles. The Morgan fingerprint density at radius 2 is 2.17 bits per heavy atom. The van der Waals surface area contributed by atoms with E-state index in [-0.39, 0.29) is 5.91 Å². The largest absolute Gasteiger partial charge is 0.495 e. The third-order valence-corrected chi connectivity index (χ3v) is 3.32. The fraction of sp³-hybridized carbons (Fsp3) is 0.462. The zero-order valence-electron chi connectivity index (χ0n) is 11.0. The Balaban J connectivity index is 3.00. The number of halogens is 1. The van der Waals surface area contributed by atoms with E-state index in [2.05, 4.69) is 5.32 Å². The molecule has 0 heterocycles. The number of methoxy groups -OCH3 is 1. The number of amides is 1. The Hall–Kier alpha value is -1.26. The number of hydrogen-bond donors (Lipinski definition) is 2. The molecule has 0 aliphatic heterocycles. The molecular formula is C13H19ClN2O2. The smallest absolute Gasteiger partial charge is 0.224 e. The van der Waals surface area contributed by atoms with Gasteiger partial charge in [0.05, 0.1) is 12.8 Å². The molecule has 0 spiro atoms. The highest BCUT2D eigenvalue weighted by molar-refractivity contribution is 6.32. The highest BCUT2D eigenvalue weighted by Crippen LogP contribution is 2.35. The van der Waals surface area contributed by atoms with Crippen molar-refractivity contribution in [3.63, 3.8) is 0 Å². The first-order valence-corrected chi connectivity index (χ1v) is 6.22. The van der Waals surface area contributed by atoms with E-state index in [1.54, 1.807) is 7.11 Å². The molecule has 0 bridgehead atoms.